The van der Waals surface area contributed by atoms with Crippen LogP contribution < -0.4 is 27.6 Å². The molecule has 2 aliphatic rings. The topological polar surface area (TPSA) is 176 Å². The zero-order valence-corrected chi connectivity index (χ0v) is 47.9. The molecule has 2 atom stereocenters. The monoisotopic (exact) mass is 1210 g/mol. The van der Waals surface area contributed by atoms with Gasteiger partial charge in [0.05, 0.1) is 20.9 Å². The number of halogens is 9. The minimum absolute atomic E-state index is 0. The molecule has 432 valence electrons. The maximum absolute atomic E-state index is 13.3. The predicted octanol–water partition coefficient (Wildman–Crippen LogP) is 10.0. The number of alkyl halides is 6. The van der Waals surface area contributed by atoms with Gasteiger partial charge in [-0.1, -0.05) is 115 Å². The number of hydrogen-bond acceptors (Lipinski definition) is 10. The van der Waals surface area contributed by atoms with Crippen molar-refractivity contribution in [1.82, 2.24) is 20.6 Å². The molecule has 0 saturated heterocycles. The number of aldehydes is 1. The largest absolute Gasteiger partial charge is 1.00 e. The lowest BCUT2D eigenvalue weighted by atomic mass is 9.88. The van der Waals surface area contributed by atoms with Crippen molar-refractivity contribution in [3.63, 3.8) is 0 Å². The number of aliphatic hydroxyl groups excluding tert-OH is 1. The van der Waals surface area contributed by atoms with Gasteiger partial charge in [-0.05, 0) is 111 Å². The number of amides is 2. The summed E-state index contributed by atoms with van der Waals surface area (Å²) in [6.07, 6.45) is 3.51. The highest BCUT2D eigenvalue weighted by molar-refractivity contribution is 7.91. The summed E-state index contributed by atoms with van der Waals surface area (Å²) < 4.78 is 108. The van der Waals surface area contributed by atoms with Gasteiger partial charge in [0.25, 0.3) is 0 Å². The first-order chi connectivity index (χ1) is 37.5. The van der Waals surface area contributed by atoms with Gasteiger partial charge in [-0.3, -0.25) is 19.2 Å². The van der Waals surface area contributed by atoms with E-state index < -0.39 is 56.4 Å². The number of aryl methyl sites for hydroxylation is 2. The van der Waals surface area contributed by atoms with E-state index in [1.807, 2.05) is 0 Å². The number of sulfone groups is 1. The van der Waals surface area contributed by atoms with Gasteiger partial charge < -0.3 is 28.1 Å². The molecule has 2 aliphatic carbocycles. The number of carbonyl (C=O) groups is 4. The van der Waals surface area contributed by atoms with E-state index in [1.165, 1.54) is 71.5 Å². The second-order valence-corrected chi connectivity index (χ2v) is 22.6. The van der Waals surface area contributed by atoms with Crippen molar-refractivity contribution < 1.29 is 76.0 Å². The summed E-state index contributed by atoms with van der Waals surface area (Å²) in [6, 6.07) is 19.2. The fourth-order valence-corrected chi connectivity index (χ4v) is 11.8. The van der Waals surface area contributed by atoms with E-state index in [-0.39, 0.29) is 63.5 Å². The van der Waals surface area contributed by atoms with Crippen LogP contribution in [-0.2, 0) is 44.7 Å². The van der Waals surface area contributed by atoms with Crippen LogP contribution in [0.3, 0.4) is 0 Å². The highest BCUT2D eigenvalue weighted by Crippen LogP contribution is 2.36. The Bertz CT molecular complexity index is 3100. The molecular formula is C57H62Cl3F6N5O7S2. The molecule has 2 saturated carbocycles. The number of thiazole rings is 1. The van der Waals surface area contributed by atoms with E-state index in [2.05, 4.69) is 44.5 Å². The normalized spacial score (nSPS) is 14.7. The predicted molar refractivity (Wildman–Crippen MR) is 290 cm³/mol. The maximum Gasteiger partial charge on any atom is 0.416 e. The number of Topliss-reactive ketones (excluding diaryl/α,β-unsaturated/α-hetero) is 1. The van der Waals surface area contributed by atoms with Crippen LogP contribution in [0, 0.1) is 25.7 Å². The SMILES string of the molecule is CC[n+]1csc(CCO)c1C.Cc1ccc(S(=O)(=O)C(NC(=O)C2CCCCC2)c2cccc(C(F)(F)F)c2)cc1.O=C(NC(C(=O)c1ccnc(Cl)c1)c1cccc(C(F)(F)F)c1)C1CCCCC1.O=Cc1ccnc(Cl)c1.[Cl-]. The molecule has 2 unspecified atom stereocenters. The number of nitrogens with one attached hydrogen (secondary N) is 2. The van der Waals surface area contributed by atoms with Crippen LogP contribution in [0.4, 0.5) is 26.3 Å². The number of hydrogen-bond donors (Lipinski definition) is 3. The molecule has 0 bridgehead atoms. The molecule has 3 aromatic carbocycles. The van der Waals surface area contributed by atoms with Crippen molar-refractivity contribution in [2.45, 2.75) is 127 Å². The van der Waals surface area contributed by atoms with Gasteiger partial charge >= 0.3 is 12.4 Å². The van der Waals surface area contributed by atoms with Crippen molar-refractivity contribution in [1.29, 1.82) is 0 Å². The van der Waals surface area contributed by atoms with Gasteiger partial charge in [0.2, 0.25) is 27.2 Å². The van der Waals surface area contributed by atoms with Crippen LogP contribution >= 0.6 is 34.5 Å². The lowest BCUT2D eigenvalue weighted by Crippen LogP contribution is -3.00. The quantitative estimate of drug-likeness (QED) is 0.0315. The summed E-state index contributed by atoms with van der Waals surface area (Å²) in [5.41, 5.74) is 3.08. The van der Waals surface area contributed by atoms with Crippen molar-refractivity contribution in [3.05, 3.63) is 175 Å². The van der Waals surface area contributed by atoms with Crippen LogP contribution in [0.25, 0.3) is 0 Å². The first-order valence-electron chi connectivity index (χ1n) is 25.5. The Kier molecular flexibility index (Phi) is 26.2. The molecule has 8 rings (SSSR count). The van der Waals surface area contributed by atoms with Crippen LogP contribution in [0.15, 0.2) is 120 Å². The molecule has 0 spiro atoms. The lowest BCUT2D eigenvalue weighted by Gasteiger charge is -2.26. The van der Waals surface area contributed by atoms with E-state index in [0.29, 0.717) is 36.4 Å². The first kappa shape index (κ1) is 66.7. The summed E-state index contributed by atoms with van der Waals surface area (Å²) in [4.78, 5) is 57.5. The van der Waals surface area contributed by atoms with Crippen molar-refractivity contribution >= 4 is 68.3 Å². The number of ketones is 1. The lowest BCUT2D eigenvalue weighted by molar-refractivity contribution is -0.694. The molecule has 23 heteroatoms. The zero-order chi connectivity index (χ0) is 57.9. The van der Waals surface area contributed by atoms with Crippen LogP contribution in [0.1, 0.15) is 142 Å². The molecule has 0 radical (unpaired) electrons. The molecule has 0 aliphatic heterocycles. The Morgan fingerprint density at radius 2 is 1.25 bits per heavy atom. The number of pyridine rings is 2. The fourth-order valence-electron chi connectivity index (χ4n) is 8.83. The fraction of sp³-hybridized carbons (Fsp3) is 0.386. The van der Waals surface area contributed by atoms with E-state index in [1.54, 1.807) is 36.5 Å². The molecular weight excluding hydrogens is 1150 g/mol. The summed E-state index contributed by atoms with van der Waals surface area (Å²) in [5, 5.41) is 12.8. The van der Waals surface area contributed by atoms with Gasteiger partial charge in [0, 0.05) is 55.3 Å². The van der Waals surface area contributed by atoms with Crippen LogP contribution in [-0.4, -0.2) is 54.0 Å². The Morgan fingerprint density at radius 1 is 0.738 bits per heavy atom. The number of aliphatic hydroxyl groups is 1. The molecule has 3 aromatic heterocycles. The van der Waals surface area contributed by atoms with Gasteiger partial charge in [0.15, 0.2) is 16.9 Å². The standard InChI is InChI=1S/C22H24F3NO3S.C21H20ClF3N2O2.C8H14NOS.C6H4ClNO.ClH/c1-15-10-12-19(13-11-15)30(28,29)21(26-20(27)16-6-3-2-4-7-16)17-8-5-9-18(14-17)22(23,24)25;22-17-12-15(9-10-26-17)19(28)18(27-20(29)13-5-2-1-3-6-13)14-7-4-8-16(11-14)21(23,24)25;1-3-9-6-11-8(4-5-10)7(9)2;7-6-3-5(4-9)1-2-8-6;/h5,8-14,16,21H,2-4,6-7H2,1H3,(H,26,27);4,7-13,18H,1-3,5-6H2,(H,27,29);6,10H,3-5H2,1-2H3;1-4H;1H/q;;+1;;/p-1. The van der Waals surface area contributed by atoms with Crippen LogP contribution in [0.2, 0.25) is 10.3 Å². The van der Waals surface area contributed by atoms with E-state index in [0.717, 1.165) is 93.7 Å². The third kappa shape index (κ3) is 19.7. The Balaban J connectivity index is 0.000000255. The number of aromatic nitrogens is 3. The molecule has 3 heterocycles. The Morgan fingerprint density at radius 3 is 1.73 bits per heavy atom. The highest BCUT2D eigenvalue weighted by atomic mass is 35.5. The summed E-state index contributed by atoms with van der Waals surface area (Å²) in [5.74, 6) is -1.88. The number of carbonyl (C=O) groups excluding carboxylic acids is 4. The second-order valence-electron chi connectivity index (χ2n) is 18.9. The van der Waals surface area contributed by atoms with Crippen LogP contribution in [0.5, 0.6) is 0 Å². The minimum atomic E-state index is -4.62. The second kappa shape index (κ2) is 31.4. The molecule has 80 heavy (non-hydrogen) atoms. The average molecular weight is 1210 g/mol. The van der Waals surface area contributed by atoms with Gasteiger partial charge in [-0.15, -0.1) is 0 Å². The first-order valence-corrected chi connectivity index (χ1v) is 28.7. The van der Waals surface area contributed by atoms with Gasteiger partial charge in [-0.2, -0.15) is 30.9 Å². The molecule has 2 amide bonds. The van der Waals surface area contributed by atoms with E-state index in [9.17, 15) is 53.9 Å². The van der Waals surface area contributed by atoms with Crippen molar-refractivity contribution in [2.75, 3.05) is 6.61 Å². The number of nitrogens with zero attached hydrogens (tertiary/aromatic N) is 3. The highest BCUT2D eigenvalue weighted by Gasteiger charge is 2.37. The van der Waals surface area contributed by atoms with E-state index in [4.69, 9.17) is 28.3 Å². The third-order valence-corrected chi connectivity index (χ3v) is 16.7. The van der Waals surface area contributed by atoms with Gasteiger partial charge in [0.1, 0.15) is 29.2 Å². The Labute approximate surface area is 482 Å². The zero-order valence-electron chi connectivity index (χ0n) is 44.0. The molecule has 3 N–H and O–H groups in total. The smallest absolute Gasteiger partial charge is 0.416 e. The average Bonchev–Trinajstić information content (AvgIpc) is 3.84. The maximum atomic E-state index is 13.3. The van der Waals surface area contributed by atoms with Crippen molar-refractivity contribution in [2.24, 2.45) is 11.8 Å². The molecule has 2 fully saturated rings. The number of benzene rings is 3. The summed E-state index contributed by atoms with van der Waals surface area (Å²) in [6.45, 7) is 7.30. The summed E-state index contributed by atoms with van der Waals surface area (Å²) in [7, 11) is -4.17. The van der Waals surface area contributed by atoms with Gasteiger partial charge in [-0.25, -0.2) is 18.4 Å². The Hall–Kier alpha value is -5.77. The van der Waals surface area contributed by atoms with E-state index >= 15 is 0 Å². The number of rotatable bonds is 14. The molecule has 12 nitrogen and oxygen atoms in total. The third-order valence-electron chi connectivity index (χ3n) is 13.2. The summed E-state index contributed by atoms with van der Waals surface area (Å²) >= 11 is 13.0. The van der Waals surface area contributed by atoms with Crippen molar-refractivity contribution in [3.8, 4) is 0 Å². The molecule has 6 aromatic rings. The minimum Gasteiger partial charge on any atom is -1.00 e.